The molecule has 1 aliphatic rings. The summed E-state index contributed by atoms with van der Waals surface area (Å²) in [6.07, 6.45) is -0.453. The molecule has 17 heavy (non-hydrogen) atoms. The summed E-state index contributed by atoms with van der Waals surface area (Å²) >= 11 is 8.01. The Morgan fingerprint density at radius 2 is 2.29 bits per heavy atom. The molecule has 0 bridgehead atoms. The summed E-state index contributed by atoms with van der Waals surface area (Å²) in [5.74, 6) is 2.12. The van der Waals surface area contributed by atoms with E-state index < -0.39 is 6.10 Å². The average Bonchev–Trinajstić information content (AvgIpc) is 2.32. The maximum Gasteiger partial charge on any atom is 0.0953 e. The van der Waals surface area contributed by atoms with Crippen LogP contribution in [0.4, 0.5) is 0 Å². The molecule has 1 aromatic rings. The third kappa shape index (κ3) is 2.97. The maximum atomic E-state index is 10.4. The molecule has 1 N–H and O–H groups in total. The number of thioether (sulfide) groups is 1. The zero-order valence-electron chi connectivity index (χ0n) is 10.2. The summed E-state index contributed by atoms with van der Waals surface area (Å²) in [7, 11) is 2.07. The van der Waals surface area contributed by atoms with Crippen molar-refractivity contribution in [2.75, 3.05) is 25.1 Å². The van der Waals surface area contributed by atoms with Crippen molar-refractivity contribution >= 4 is 23.4 Å². The Morgan fingerprint density at radius 1 is 1.53 bits per heavy atom. The second kappa shape index (κ2) is 5.61. The van der Waals surface area contributed by atoms with Gasteiger partial charge in [-0.05, 0) is 31.2 Å². The minimum atomic E-state index is -0.453. The Hall–Kier alpha value is -0.220. The Morgan fingerprint density at radius 3 is 2.94 bits per heavy atom. The van der Waals surface area contributed by atoms with Crippen LogP contribution in [-0.2, 0) is 0 Å². The summed E-state index contributed by atoms with van der Waals surface area (Å²) in [4.78, 5) is 2.23. The number of halogens is 1. The van der Waals surface area contributed by atoms with E-state index >= 15 is 0 Å². The highest BCUT2D eigenvalue weighted by Crippen LogP contribution is 2.29. The van der Waals surface area contributed by atoms with Gasteiger partial charge in [-0.15, -0.1) is 0 Å². The summed E-state index contributed by atoms with van der Waals surface area (Å²) in [5.41, 5.74) is 1.97. The molecule has 2 atom stereocenters. The molecule has 0 amide bonds. The topological polar surface area (TPSA) is 23.5 Å². The molecule has 0 saturated carbocycles. The molecule has 1 aromatic carbocycles. The molecular formula is C13H18ClNOS. The molecule has 0 spiro atoms. The minimum Gasteiger partial charge on any atom is -0.387 e. The maximum absolute atomic E-state index is 10.4. The monoisotopic (exact) mass is 271 g/mol. The van der Waals surface area contributed by atoms with Crippen LogP contribution in [0.1, 0.15) is 17.2 Å². The smallest absolute Gasteiger partial charge is 0.0953 e. The second-order valence-corrected chi connectivity index (χ2v) is 6.13. The van der Waals surface area contributed by atoms with Gasteiger partial charge in [-0.25, -0.2) is 0 Å². The SMILES string of the molecule is Cc1ccc(C(O)C2CSCCN2C)cc1Cl. The number of aryl methyl sites for hydroxylation is 1. The molecule has 1 heterocycles. The van der Waals surface area contributed by atoms with Crippen LogP contribution in [0, 0.1) is 6.92 Å². The van der Waals surface area contributed by atoms with E-state index in [4.69, 9.17) is 11.6 Å². The van der Waals surface area contributed by atoms with Crippen molar-refractivity contribution < 1.29 is 5.11 Å². The Labute approximate surface area is 112 Å². The highest BCUT2D eigenvalue weighted by Gasteiger charge is 2.27. The largest absolute Gasteiger partial charge is 0.387 e. The lowest BCUT2D eigenvalue weighted by atomic mass is 10.0. The van der Waals surface area contributed by atoms with Gasteiger partial charge in [0.05, 0.1) is 6.10 Å². The second-order valence-electron chi connectivity index (χ2n) is 4.58. The van der Waals surface area contributed by atoms with Crippen molar-refractivity contribution in [1.82, 2.24) is 4.90 Å². The molecule has 0 radical (unpaired) electrons. The summed E-state index contributed by atoms with van der Waals surface area (Å²) in [5, 5.41) is 11.1. The summed E-state index contributed by atoms with van der Waals surface area (Å²) in [6.45, 7) is 3.01. The van der Waals surface area contributed by atoms with E-state index in [1.54, 1.807) is 0 Å². The van der Waals surface area contributed by atoms with E-state index in [0.29, 0.717) is 0 Å². The van der Waals surface area contributed by atoms with Crippen molar-refractivity contribution in [1.29, 1.82) is 0 Å². The standard InChI is InChI=1S/C13H18ClNOS/c1-9-3-4-10(7-11(9)14)13(16)12-8-17-6-5-15(12)2/h3-4,7,12-13,16H,5-6,8H2,1-2H3. The van der Waals surface area contributed by atoms with Crippen LogP contribution in [0.5, 0.6) is 0 Å². The Kier molecular flexibility index (Phi) is 4.36. The molecule has 0 aliphatic carbocycles. The third-order valence-electron chi connectivity index (χ3n) is 3.34. The fraction of sp³-hybridized carbons (Fsp3) is 0.538. The first-order chi connectivity index (χ1) is 8.09. The van der Waals surface area contributed by atoms with Gasteiger partial charge in [-0.2, -0.15) is 11.8 Å². The Bertz CT molecular complexity index is 399. The van der Waals surface area contributed by atoms with Gasteiger partial charge >= 0.3 is 0 Å². The number of nitrogens with zero attached hydrogens (tertiary/aromatic N) is 1. The van der Waals surface area contributed by atoms with Crippen LogP contribution in [0.2, 0.25) is 5.02 Å². The number of aliphatic hydroxyl groups is 1. The van der Waals surface area contributed by atoms with Crippen molar-refractivity contribution in [3.63, 3.8) is 0 Å². The lowest BCUT2D eigenvalue weighted by Gasteiger charge is -2.35. The molecule has 94 valence electrons. The fourth-order valence-corrected chi connectivity index (χ4v) is 3.50. The van der Waals surface area contributed by atoms with E-state index in [1.165, 1.54) is 0 Å². The zero-order valence-corrected chi connectivity index (χ0v) is 11.8. The van der Waals surface area contributed by atoms with Gasteiger partial charge < -0.3 is 5.11 Å². The molecule has 1 fully saturated rings. The van der Waals surface area contributed by atoms with E-state index in [0.717, 1.165) is 34.2 Å². The van der Waals surface area contributed by atoms with Gasteiger partial charge in [-0.1, -0.05) is 23.7 Å². The number of aliphatic hydroxyl groups excluding tert-OH is 1. The molecule has 2 rings (SSSR count). The van der Waals surface area contributed by atoms with Crippen LogP contribution in [0.15, 0.2) is 18.2 Å². The van der Waals surface area contributed by atoms with Crippen molar-refractivity contribution in [2.45, 2.75) is 19.1 Å². The highest BCUT2D eigenvalue weighted by atomic mass is 35.5. The number of benzene rings is 1. The number of hydrogen-bond donors (Lipinski definition) is 1. The van der Waals surface area contributed by atoms with Crippen LogP contribution >= 0.6 is 23.4 Å². The summed E-state index contributed by atoms with van der Waals surface area (Å²) < 4.78 is 0. The number of likely N-dealkylation sites (N-methyl/N-ethyl adjacent to an activating group) is 1. The van der Waals surface area contributed by atoms with E-state index in [-0.39, 0.29) is 6.04 Å². The summed E-state index contributed by atoms with van der Waals surface area (Å²) in [6, 6.07) is 6.01. The van der Waals surface area contributed by atoms with Gasteiger partial charge in [0.2, 0.25) is 0 Å². The molecule has 1 saturated heterocycles. The van der Waals surface area contributed by atoms with Crippen LogP contribution in [0.25, 0.3) is 0 Å². The van der Waals surface area contributed by atoms with E-state index in [9.17, 15) is 5.11 Å². The molecule has 2 nitrogen and oxygen atoms in total. The van der Waals surface area contributed by atoms with Crippen LogP contribution in [0.3, 0.4) is 0 Å². The predicted octanol–water partition coefficient (Wildman–Crippen LogP) is 2.73. The van der Waals surface area contributed by atoms with Gasteiger partial charge in [0.1, 0.15) is 0 Å². The highest BCUT2D eigenvalue weighted by molar-refractivity contribution is 7.99. The first-order valence-corrected chi connectivity index (χ1v) is 7.35. The van der Waals surface area contributed by atoms with Gasteiger partial charge in [0.25, 0.3) is 0 Å². The van der Waals surface area contributed by atoms with Crippen molar-refractivity contribution in [3.8, 4) is 0 Å². The minimum absolute atomic E-state index is 0.188. The quantitative estimate of drug-likeness (QED) is 0.895. The average molecular weight is 272 g/mol. The third-order valence-corrected chi connectivity index (χ3v) is 4.80. The lowest BCUT2D eigenvalue weighted by molar-refractivity contribution is 0.0758. The number of hydrogen-bond acceptors (Lipinski definition) is 3. The van der Waals surface area contributed by atoms with E-state index in [2.05, 4.69) is 11.9 Å². The molecular weight excluding hydrogens is 254 g/mol. The van der Waals surface area contributed by atoms with Crippen molar-refractivity contribution in [2.24, 2.45) is 0 Å². The first-order valence-electron chi connectivity index (χ1n) is 5.81. The van der Waals surface area contributed by atoms with Crippen LogP contribution in [-0.4, -0.2) is 41.1 Å². The van der Waals surface area contributed by atoms with Gasteiger partial charge in [0, 0.05) is 29.1 Å². The molecule has 4 heteroatoms. The van der Waals surface area contributed by atoms with Crippen molar-refractivity contribution in [3.05, 3.63) is 34.3 Å². The molecule has 1 aliphatic heterocycles. The fourth-order valence-electron chi connectivity index (χ4n) is 2.05. The normalized spacial score (nSPS) is 23.6. The lowest BCUT2D eigenvalue weighted by Crippen LogP contribution is -2.43. The van der Waals surface area contributed by atoms with Crippen LogP contribution < -0.4 is 0 Å². The Balaban J connectivity index is 2.17. The number of rotatable bonds is 2. The molecule has 2 unspecified atom stereocenters. The van der Waals surface area contributed by atoms with E-state index in [1.807, 2.05) is 36.9 Å². The predicted molar refractivity (Wildman–Crippen MR) is 74.9 cm³/mol. The zero-order chi connectivity index (χ0) is 12.4. The van der Waals surface area contributed by atoms with Gasteiger partial charge in [-0.3, -0.25) is 4.90 Å². The molecule has 0 aromatic heterocycles. The van der Waals surface area contributed by atoms with Gasteiger partial charge in [0.15, 0.2) is 0 Å². The first kappa shape index (κ1) is 13.2.